The van der Waals surface area contributed by atoms with Crippen molar-refractivity contribution in [1.29, 1.82) is 0 Å². The van der Waals surface area contributed by atoms with Crippen LogP contribution in [0.15, 0.2) is 12.3 Å². The van der Waals surface area contributed by atoms with Gasteiger partial charge in [-0.3, -0.25) is 4.98 Å². The van der Waals surface area contributed by atoms with Crippen molar-refractivity contribution in [1.82, 2.24) is 10.3 Å². The summed E-state index contributed by atoms with van der Waals surface area (Å²) in [6.45, 7) is 2.02. The van der Waals surface area contributed by atoms with Crippen molar-refractivity contribution in [2.75, 3.05) is 27.3 Å². The van der Waals surface area contributed by atoms with Gasteiger partial charge < -0.3 is 14.8 Å². The monoisotopic (exact) mass is 208 g/mol. The normalized spacial score (nSPS) is 20.3. The van der Waals surface area contributed by atoms with Crippen molar-refractivity contribution in [3.05, 3.63) is 18.0 Å². The Balaban J connectivity index is 2.36. The van der Waals surface area contributed by atoms with Crippen molar-refractivity contribution in [3.8, 4) is 11.5 Å². The Morgan fingerprint density at radius 2 is 2.27 bits per heavy atom. The van der Waals surface area contributed by atoms with Gasteiger partial charge in [-0.15, -0.1) is 0 Å². The number of nitrogens with one attached hydrogen (secondary N) is 1. The molecule has 0 spiro atoms. The number of methoxy groups -OCH3 is 2. The van der Waals surface area contributed by atoms with Gasteiger partial charge in [-0.05, 0) is 13.0 Å². The fraction of sp³-hybridized carbons (Fsp3) is 0.545. The molecule has 15 heavy (non-hydrogen) atoms. The smallest absolute Gasteiger partial charge is 0.182 e. The molecule has 0 radical (unpaired) electrons. The fourth-order valence-corrected chi connectivity index (χ4v) is 1.99. The Morgan fingerprint density at radius 1 is 1.40 bits per heavy atom. The topological polar surface area (TPSA) is 43.4 Å². The minimum absolute atomic E-state index is 0.440. The zero-order valence-corrected chi connectivity index (χ0v) is 9.12. The Kier molecular flexibility index (Phi) is 3.06. The zero-order valence-electron chi connectivity index (χ0n) is 9.12. The lowest BCUT2D eigenvalue weighted by Gasteiger charge is -2.14. The summed E-state index contributed by atoms with van der Waals surface area (Å²) < 4.78 is 10.6. The summed E-state index contributed by atoms with van der Waals surface area (Å²) >= 11 is 0. The number of rotatable bonds is 3. The molecule has 2 heterocycles. The second kappa shape index (κ2) is 4.49. The van der Waals surface area contributed by atoms with Crippen LogP contribution in [0.5, 0.6) is 11.5 Å². The summed E-state index contributed by atoms with van der Waals surface area (Å²) in [6, 6.07) is 1.82. The maximum Gasteiger partial charge on any atom is 0.182 e. The summed E-state index contributed by atoms with van der Waals surface area (Å²) in [5.74, 6) is 1.97. The summed E-state index contributed by atoms with van der Waals surface area (Å²) in [4.78, 5) is 4.40. The highest BCUT2D eigenvalue weighted by molar-refractivity contribution is 5.44. The molecule has 1 aliphatic heterocycles. The van der Waals surface area contributed by atoms with E-state index in [0.29, 0.717) is 5.92 Å². The van der Waals surface area contributed by atoms with Crippen molar-refractivity contribution in [2.24, 2.45) is 0 Å². The molecule has 0 amide bonds. The van der Waals surface area contributed by atoms with Crippen LogP contribution < -0.4 is 14.8 Å². The molecule has 4 heteroatoms. The van der Waals surface area contributed by atoms with Crippen LogP contribution in [0.3, 0.4) is 0 Å². The van der Waals surface area contributed by atoms with E-state index in [1.165, 1.54) is 0 Å². The van der Waals surface area contributed by atoms with Crippen molar-refractivity contribution < 1.29 is 9.47 Å². The highest BCUT2D eigenvalue weighted by Gasteiger charge is 2.23. The molecule has 0 bridgehead atoms. The van der Waals surface area contributed by atoms with E-state index < -0.39 is 0 Å². The van der Waals surface area contributed by atoms with Gasteiger partial charge in [-0.1, -0.05) is 0 Å². The Labute approximate surface area is 89.6 Å². The van der Waals surface area contributed by atoms with Crippen LogP contribution >= 0.6 is 0 Å². The van der Waals surface area contributed by atoms with E-state index in [4.69, 9.17) is 9.47 Å². The molecule has 0 saturated carbocycles. The first-order valence-corrected chi connectivity index (χ1v) is 5.14. The third-order valence-electron chi connectivity index (χ3n) is 2.77. The quantitative estimate of drug-likeness (QED) is 0.810. The molecular weight excluding hydrogens is 192 g/mol. The lowest BCUT2D eigenvalue weighted by molar-refractivity contribution is 0.347. The lowest BCUT2D eigenvalue weighted by Crippen LogP contribution is -2.10. The van der Waals surface area contributed by atoms with E-state index in [1.54, 1.807) is 20.4 Å². The predicted octanol–water partition coefficient (Wildman–Crippen LogP) is 1.18. The second-order valence-corrected chi connectivity index (χ2v) is 3.62. The molecule has 2 rings (SSSR count). The molecular formula is C11H16N2O2. The highest BCUT2D eigenvalue weighted by atomic mass is 16.5. The molecule has 82 valence electrons. The first-order chi connectivity index (χ1) is 7.36. The van der Waals surface area contributed by atoms with E-state index >= 15 is 0 Å². The molecule has 0 aliphatic carbocycles. The maximum absolute atomic E-state index is 5.36. The molecule has 0 aromatic carbocycles. The summed E-state index contributed by atoms with van der Waals surface area (Å²) in [6.07, 6.45) is 2.88. The highest BCUT2D eigenvalue weighted by Crippen LogP contribution is 2.35. The largest absolute Gasteiger partial charge is 0.493 e. The van der Waals surface area contributed by atoms with Gasteiger partial charge in [-0.25, -0.2) is 0 Å². The minimum atomic E-state index is 0.440. The SMILES string of the molecule is COc1ccnc(C2CCNC2)c1OC. The molecule has 1 fully saturated rings. The van der Waals surface area contributed by atoms with Crippen molar-refractivity contribution >= 4 is 0 Å². The van der Waals surface area contributed by atoms with Gasteiger partial charge in [0.05, 0.1) is 19.9 Å². The number of ether oxygens (including phenoxy) is 2. The van der Waals surface area contributed by atoms with Crippen molar-refractivity contribution in [3.63, 3.8) is 0 Å². The number of hydrogen-bond acceptors (Lipinski definition) is 4. The van der Waals surface area contributed by atoms with Crippen LogP contribution in [0, 0.1) is 0 Å². The van der Waals surface area contributed by atoms with Gasteiger partial charge in [0.1, 0.15) is 0 Å². The van der Waals surface area contributed by atoms with E-state index in [1.807, 2.05) is 6.07 Å². The van der Waals surface area contributed by atoms with Crippen LogP contribution in [0.2, 0.25) is 0 Å². The van der Waals surface area contributed by atoms with Crippen LogP contribution in [-0.2, 0) is 0 Å². The number of aromatic nitrogens is 1. The molecule has 1 aromatic rings. The van der Waals surface area contributed by atoms with Gasteiger partial charge in [0, 0.05) is 24.7 Å². The molecule has 1 unspecified atom stereocenters. The Hall–Kier alpha value is -1.29. The molecule has 1 N–H and O–H groups in total. The average molecular weight is 208 g/mol. The van der Waals surface area contributed by atoms with E-state index in [2.05, 4.69) is 10.3 Å². The summed E-state index contributed by atoms with van der Waals surface area (Å²) in [5, 5.41) is 3.32. The van der Waals surface area contributed by atoms with Gasteiger partial charge in [0.2, 0.25) is 0 Å². The van der Waals surface area contributed by atoms with Crippen LogP contribution in [0.4, 0.5) is 0 Å². The number of hydrogen-bond donors (Lipinski definition) is 1. The summed E-state index contributed by atoms with van der Waals surface area (Å²) in [5.41, 5.74) is 1.00. The van der Waals surface area contributed by atoms with E-state index in [-0.39, 0.29) is 0 Å². The fourth-order valence-electron chi connectivity index (χ4n) is 1.99. The van der Waals surface area contributed by atoms with Gasteiger partial charge >= 0.3 is 0 Å². The van der Waals surface area contributed by atoms with Crippen LogP contribution in [0.1, 0.15) is 18.0 Å². The number of pyridine rings is 1. The molecule has 1 saturated heterocycles. The van der Waals surface area contributed by atoms with Crippen LogP contribution in [0.25, 0.3) is 0 Å². The number of nitrogens with zero attached hydrogens (tertiary/aromatic N) is 1. The zero-order chi connectivity index (χ0) is 10.7. The van der Waals surface area contributed by atoms with Crippen molar-refractivity contribution in [2.45, 2.75) is 12.3 Å². The summed E-state index contributed by atoms with van der Waals surface area (Å²) in [7, 11) is 3.31. The van der Waals surface area contributed by atoms with E-state index in [9.17, 15) is 0 Å². The lowest BCUT2D eigenvalue weighted by atomic mass is 10.0. The second-order valence-electron chi connectivity index (χ2n) is 3.62. The standard InChI is InChI=1S/C11H16N2O2/c1-14-9-4-6-13-10(11(9)15-2)8-3-5-12-7-8/h4,6,8,12H,3,5,7H2,1-2H3. The molecule has 1 aromatic heterocycles. The van der Waals surface area contributed by atoms with Gasteiger partial charge in [0.15, 0.2) is 11.5 Å². The van der Waals surface area contributed by atoms with Gasteiger partial charge in [0.25, 0.3) is 0 Å². The Bertz CT molecular complexity index is 335. The third kappa shape index (κ3) is 1.90. The average Bonchev–Trinajstić information content (AvgIpc) is 2.81. The van der Waals surface area contributed by atoms with Gasteiger partial charge in [-0.2, -0.15) is 0 Å². The first-order valence-electron chi connectivity index (χ1n) is 5.14. The minimum Gasteiger partial charge on any atom is -0.493 e. The van der Waals surface area contributed by atoms with Crippen LogP contribution in [-0.4, -0.2) is 32.3 Å². The third-order valence-corrected chi connectivity index (χ3v) is 2.77. The molecule has 4 nitrogen and oxygen atoms in total. The first kappa shape index (κ1) is 10.2. The predicted molar refractivity (Wildman–Crippen MR) is 57.6 cm³/mol. The molecule has 1 atom stereocenters. The molecule has 1 aliphatic rings. The van der Waals surface area contributed by atoms with E-state index in [0.717, 1.165) is 36.7 Å². The Morgan fingerprint density at radius 3 is 2.87 bits per heavy atom. The maximum atomic E-state index is 5.36.